The van der Waals surface area contributed by atoms with Crippen molar-refractivity contribution in [3.05, 3.63) is 53.7 Å². The fraction of sp³-hybridized carbons (Fsp3) is 0. The fourth-order valence-electron chi connectivity index (χ4n) is 1.70. The van der Waals surface area contributed by atoms with Crippen LogP contribution in [0, 0.1) is 0 Å². The largest absolute Gasteiger partial charge is 0.346 e. The van der Waals surface area contributed by atoms with Crippen LogP contribution < -0.4 is 5.32 Å². The Morgan fingerprint density at radius 3 is 2.82 bits per heavy atom. The second-order valence-electron chi connectivity index (χ2n) is 3.72. The van der Waals surface area contributed by atoms with Crippen molar-refractivity contribution >= 4 is 34.1 Å². The van der Waals surface area contributed by atoms with Gasteiger partial charge in [0.25, 0.3) is 0 Å². The van der Waals surface area contributed by atoms with Gasteiger partial charge in [-0.2, -0.15) is 0 Å². The molecule has 0 atom stereocenters. The van der Waals surface area contributed by atoms with Crippen LogP contribution in [0.25, 0.3) is 11.0 Å². The third-order valence-corrected chi connectivity index (χ3v) is 2.88. The first kappa shape index (κ1) is 10.2. The second kappa shape index (κ2) is 4.11. The molecule has 3 aromatic rings. The van der Waals surface area contributed by atoms with Crippen LogP contribution >= 0.6 is 11.6 Å². The quantitative estimate of drug-likeness (QED) is 0.715. The number of fused-ring (bicyclic) bond motifs is 1. The van der Waals surface area contributed by atoms with E-state index in [2.05, 4.69) is 15.3 Å². The maximum absolute atomic E-state index is 6.07. The number of aromatic nitrogens is 2. The molecule has 1 aromatic carbocycles. The molecule has 0 amide bonds. The van der Waals surface area contributed by atoms with E-state index in [0.717, 1.165) is 22.5 Å². The molecule has 2 aromatic heterocycles. The van der Waals surface area contributed by atoms with Gasteiger partial charge in [-0.25, -0.2) is 4.98 Å². The Morgan fingerprint density at radius 2 is 1.94 bits per heavy atom. The number of aromatic amines is 1. The number of hydrogen-bond donors (Lipinski definition) is 2. The summed E-state index contributed by atoms with van der Waals surface area (Å²) in [5, 5.41) is 4.96. The highest BCUT2D eigenvalue weighted by atomic mass is 35.5. The van der Waals surface area contributed by atoms with Crippen LogP contribution in [-0.2, 0) is 0 Å². The molecule has 2 N–H and O–H groups in total. The van der Waals surface area contributed by atoms with Crippen molar-refractivity contribution in [2.24, 2.45) is 0 Å². The van der Waals surface area contributed by atoms with E-state index in [1.54, 1.807) is 0 Å². The van der Waals surface area contributed by atoms with Gasteiger partial charge in [0.05, 0.1) is 10.7 Å². The molecule has 0 unspecified atom stereocenters. The van der Waals surface area contributed by atoms with Crippen molar-refractivity contribution in [3.63, 3.8) is 0 Å². The molecule has 4 heteroatoms. The lowest BCUT2D eigenvalue weighted by Gasteiger charge is -2.06. The lowest BCUT2D eigenvalue weighted by molar-refractivity contribution is 1.31. The molecule has 0 saturated carbocycles. The summed E-state index contributed by atoms with van der Waals surface area (Å²) >= 11 is 6.07. The van der Waals surface area contributed by atoms with Crippen LogP contribution in [0.3, 0.4) is 0 Å². The van der Waals surface area contributed by atoms with Gasteiger partial charge in [-0.1, -0.05) is 23.7 Å². The van der Waals surface area contributed by atoms with Crippen LogP contribution in [0.15, 0.2) is 48.7 Å². The molecular formula is C13H10ClN3. The Morgan fingerprint density at radius 1 is 1.06 bits per heavy atom. The molecule has 84 valence electrons. The zero-order valence-electron chi connectivity index (χ0n) is 8.94. The number of H-pyrrole nitrogens is 1. The maximum atomic E-state index is 6.07. The number of halogens is 1. The minimum atomic E-state index is 0.681. The lowest BCUT2D eigenvalue weighted by atomic mass is 10.3. The molecule has 3 rings (SSSR count). The number of hydrogen-bond acceptors (Lipinski definition) is 2. The van der Waals surface area contributed by atoms with Crippen LogP contribution in [0.1, 0.15) is 0 Å². The average Bonchev–Trinajstić information content (AvgIpc) is 2.79. The van der Waals surface area contributed by atoms with Crippen LogP contribution in [0.5, 0.6) is 0 Å². The normalized spacial score (nSPS) is 10.6. The average molecular weight is 244 g/mol. The predicted molar refractivity (Wildman–Crippen MR) is 70.8 cm³/mol. The minimum Gasteiger partial charge on any atom is -0.346 e. The number of rotatable bonds is 2. The maximum Gasteiger partial charge on any atom is 0.139 e. The van der Waals surface area contributed by atoms with Crippen molar-refractivity contribution in [2.45, 2.75) is 0 Å². The van der Waals surface area contributed by atoms with E-state index >= 15 is 0 Å². The van der Waals surface area contributed by atoms with Gasteiger partial charge in [0, 0.05) is 11.6 Å². The highest BCUT2D eigenvalue weighted by Gasteiger charge is 2.02. The zero-order valence-corrected chi connectivity index (χ0v) is 9.70. The Hall–Kier alpha value is -2.00. The molecule has 0 aliphatic heterocycles. The molecule has 17 heavy (non-hydrogen) atoms. The molecule has 0 spiro atoms. The molecule has 0 saturated heterocycles. The van der Waals surface area contributed by atoms with Crippen molar-refractivity contribution in [3.8, 4) is 0 Å². The predicted octanol–water partition coefficient (Wildman–Crippen LogP) is 3.96. The van der Waals surface area contributed by atoms with Gasteiger partial charge in [-0.05, 0) is 30.3 Å². The molecule has 0 radical (unpaired) electrons. The van der Waals surface area contributed by atoms with Gasteiger partial charge in [-0.3, -0.25) is 0 Å². The highest BCUT2D eigenvalue weighted by Crippen LogP contribution is 2.24. The summed E-state index contributed by atoms with van der Waals surface area (Å²) in [7, 11) is 0. The first-order valence-corrected chi connectivity index (χ1v) is 5.66. The van der Waals surface area contributed by atoms with Crippen LogP contribution in [0.4, 0.5) is 11.5 Å². The van der Waals surface area contributed by atoms with Crippen molar-refractivity contribution < 1.29 is 0 Å². The monoisotopic (exact) mass is 243 g/mol. The third-order valence-electron chi connectivity index (χ3n) is 2.55. The van der Waals surface area contributed by atoms with Gasteiger partial charge < -0.3 is 10.3 Å². The van der Waals surface area contributed by atoms with E-state index in [0.29, 0.717) is 5.02 Å². The molecule has 0 fully saturated rings. The Balaban J connectivity index is 1.97. The van der Waals surface area contributed by atoms with Crippen molar-refractivity contribution in [2.75, 3.05) is 5.32 Å². The molecule has 0 bridgehead atoms. The van der Waals surface area contributed by atoms with Gasteiger partial charge in [0.2, 0.25) is 0 Å². The fourth-order valence-corrected chi connectivity index (χ4v) is 1.88. The highest BCUT2D eigenvalue weighted by molar-refractivity contribution is 6.33. The Bertz CT molecular complexity index is 660. The van der Waals surface area contributed by atoms with Crippen LogP contribution in [0.2, 0.25) is 5.02 Å². The summed E-state index contributed by atoms with van der Waals surface area (Å²) in [6, 6.07) is 13.5. The van der Waals surface area contributed by atoms with Crippen molar-refractivity contribution in [1.82, 2.24) is 9.97 Å². The number of nitrogens with zero attached hydrogens (tertiary/aromatic N) is 1. The van der Waals surface area contributed by atoms with Gasteiger partial charge in [-0.15, -0.1) is 0 Å². The summed E-state index contributed by atoms with van der Waals surface area (Å²) in [6.07, 6.45) is 1.87. The van der Waals surface area contributed by atoms with E-state index in [1.807, 2.05) is 48.7 Å². The van der Waals surface area contributed by atoms with E-state index in [-0.39, 0.29) is 0 Å². The number of nitrogens with one attached hydrogen (secondary N) is 2. The lowest BCUT2D eigenvalue weighted by Crippen LogP contribution is -1.93. The SMILES string of the molecule is Clc1ccccc1Nc1ccc2cc[nH]c2n1. The van der Waals surface area contributed by atoms with E-state index in [9.17, 15) is 0 Å². The molecule has 0 aliphatic rings. The standard InChI is InChI=1S/C13H10ClN3/c14-10-3-1-2-4-11(10)16-12-6-5-9-7-8-15-13(9)17-12/h1-8H,(H2,15,16,17). The van der Waals surface area contributed by atoms with Gasteiger partial charge >= 0.3 is 0 Å². The summed E-state index contributed by atoms with van der Waals surface area (Å²) in [6.45, 7) is 0. The molecule has 3 nitrogen and oxygen atoms in total. The minimum absolute atomic E-state index is 0.681. The van der Waals surface area contributed by atoms with E-state index < -0.39 is 0 Å². The van der Waals surface area contributed by atoms with Gasteiger partial charge in [0.15, 0.2) is 0 Å². The first-order valence-electron chi connectivity index (χ1n) is 5.28. The number of benzene rings is 1. The second-order valence-corrected chi connectivity index (χ2v) is 4.12. The summed E-state index contributed by atoms with van der Waals surface area (Å²) in [5.74, 6) is 0.771. The summed E-state index contributed by atoms with van der Waals surface area (Å²) in [5.41, 5.74) is 1.72. The van der Waals surface area contributed by atoms with Gasteiger partial charge in [0.1, 0.15) is 11.5 Å². The van der Waals surface area contributed by atoms with Crippen LogP contribution in [-0.4, -0.2) is 9.97 Å². The summed E-state index contributed by atoms with van der Waals surface area (Å²) in [4.78, 5) is 7.52. The number of anilines is 2. The Kier molecular flexibility index (Phi) is 2.46. The summed E-state index contributed by atoms with van der Waals surface area (Å²) < 4.78 is 0. The zero-order chi connectivity index (χ0) is 11.7. The Labute approximate surface area is 103 Å². The molecule has 0 aliphatic carbocycles. The smallest absolute Gasteiger partial charge is 0.139 e. The molecule has 2 heterocycles. The van der Waals surface area contributed by atoms with Crippen molar-refractivity contribution in [1.29, 1.82) is 0 Å². The molecular weight excluding hydrogens is 234 g/mol. The third kappa shape index (κ3) is 1.97. The number of para-hydroxylation sites is 1. The van der Waals surface area contributed by atoms with E-state index in [4.69, 9.17) is 11.6 Å². The topological polar surface area (TPSA) is 40.7 Å². The number of pyridine rings is 1. The van der Waals surface area contributed by atoms with E-state index in [1.165, 1.54) is 0 Å². The first-order chi connectivity index (χ1) is 8.33.